The molecule has 0 saturated carbocycles. The number of hydrogen-bond acceptors (Lipinski definition) is 2. The van der Waals surface area contributed by atoms with Gasteiger partial charge in [-0.15, -0.1) is 0 Å². The molecule has 1 aromatic carbocycles. The lowest BCUT2D eigenvalue weighted by Gasteiger charge is -2.24. The van der Waals surface area contributed by atoms with Gasteiger partial charge in [-0.25, -0.2) is 0 Å². The molecular formula is C16H23N3. The van der Waals surface area contributed by atoms with Crippen molar-refractivity contribution in [2.24, 2.45) is 7.05 Å². The molecule has 19 heavy (non-hydrogen) atoms. The van der Waals surface area contributed by atoms with E-state index in [1.165, 1.54) is 5.56 Å². The molecule has 2 unspecified atom stereocenters. The fourth-order valence-corrected chi connectivity index (χ4v) is 2.39. The standard InChI is InChI=1S/C16H23N3/c1-4-11-17-16(15-10-12-19(3)18-15)13(2)14-8-6-5-7-9-14/h5-10,12-13,16-17H,4,11H2,1-3H3. The van der Waals surface area contributed by atoms with Crippen molar-refractivity contribution in [1.29, 1.82) is 0 Å². The minimum atomic E-state index is 0.267. The zero-order valence-corrected chi connectivity index (χ0v) is 12.0. The summed E-state index contributed by atoms with van der Waals surface area (Å²) >= 11 is 0. The fourth-order valence-electron chi connectivity index (χ4n) is 2.39. The second kappa shape index (κ2) is 6.53. The topological polar surface area (TPSA) is 29.9 Å². The zero-order valence-electron chi connectivity index (χ0n) is 12.0. The van der Waals surface area contributed by atoms with Crippen molar-refractivity contribution in [1.82, 2.24) is 15.1 Å². The molecule has 0 radical (unpaired) electrons. The Morgan fingerprint density at radius 1 is 1.21 bits per heavy atom. The summed E-state index contributed by atoms with van der Waals surface area (Å²) in [5.41, 5.74) is 2.47. The molecule has 1 N–H and O–H groups in total. The second-order valence-corrected chi connectivity index (χ2v) is 5.05. The Kier molecular flexibility index (Phi) is 4.74. The van der Waals surface area contributed by atoms with Crippen molar-refractivity contribution in [2.75, 3.05) is 6.54 Å². The monoisotopic (exact) mass is 257 g/mol. The Morgan fingerprint density at radius 3 is 2.53 bits per heavy atom. The van der Waals surface area contributed by atoms with E-state index in [-0.39, 0.29) is 6.04 Å². The van der Waals surface area contributed by atoms with Gasteiger partial charge >= 0.3 is 0 Å². The predicted octanol–water partition coefficient (Wildman–Crippen LogP) is 3.26. The predicted molar refractivity (Wildman–Crippen MR) is 79.1 cm³/mol. The van der Waals surface area contributed by atoms with E-state index in [0.717, 1.165) is 18.7 Å². The Bertz CT molecular complexity index is 490. The third-order valence-corrected chi connectivity index (χ3v) is 3.49. The highest BCUT2D eigenvalue weighted by Crippen LogP contribution is 2.29. The van der Waals surface area contributed by atoms with Crippen LogP contribution in [0.5, 0.6) is 0 Å². The van der Waals surface area contributed by atoms with Crippen molar-refractivity contribution in [3.8, 4) is 0 Å². The lowest BCUT2D eigenvalue weighted by Crippen LogP contribution is -2.27. The minimum absolute atomic E-state index is 0.267. The number of aromatic nitrogens is 2. The summed E-state index contributed by atoms with van der Waals surface area (Å²) in [5.74, 6) is 0.405. The molecule has 0 amide bonds. The molecule has 3 nitrogen and oxygen atoms in total. The highest BCUT2D eigenvalue weighted by molar-refractivity contribution is 5.23. The van der Waals surface area contributed by atoms with Crippen molar-refractivity contribution < 1.29 is 0 Å². The Balaban J connectivity index is 2.22. The maximum absolute atomic E-state index is 4.56. The summed E-state index contributed by atoms with van der Waals surface area (Å²) in [7, 11) is 1.97. The molecule has 2 atom stereocenters. The lowest BCUT2D eigenvalue weighted by molar-refractivity contribution is 0.452. The number of nitrogens with one attached hydrogen (secondary N) is 1. The van der Waals surface area contributed by atoms with Crippen LogP contribution in [0.2, 0.25) is 0 Å². The van der Waals surface area contributed by atoms with Gasteiger partial charge in [0.05, 0.1) is 11.7 Å². The summed E-state index contributed by atoms with van der Waals surface area (Å²) in [4.78, 5) is 0. The van der Waals surface area contributed by atoms with E-state index in [2.05, 4.69) is 60.7 Å². The highest BCUT2D eigenvalue weighted by Gasteiger charge is 2.22. The zero-order chi connectivity index (χ0) is 13.7. The largest absolute Gasteiger partial charge is 0.308 e. The van der Waals surface area contributed by atoms with Gasteiger partial charge in [-0.05, 0) is 24.6 Å². The Labute approximate surface area is 115 Å². The van der Waals surface area contributed by atoms with Crippen molar-refractivity contribution >= 4 is 0 Å². The van der Waals surface area contributed by atoms with Gasteiger partial charge in [-0.2, -0.15) is 5.10 Å². The SMILES string of the molecule is CCCNC(c1ccn(C)n1)C(C)c1ccccc1. The van der Waals surface area contributed by atoms with Crippen molar-refractivity contribution in [3.05, 3.63) is 53.9 Å². The van der Waals surface area contributed by atoms with Crippen LogP contribution in [-0.4, -0.2) is 16.3 Å². The van der Waals surface area contributed by atoms with E-state index >= 15 is 0 Å². The number of nitrogens with zero attached hydrogens (tertiary/aromatic N) is 2. The molecular weight excluding hydrogens is 234 g/mol. The van der Waals surface area contributed by atoms with Crippen LogP contribution in [0.1, 0.15) is 43.5 Å². The summed E-state index contributed by atoms with van der Waals surface area (Å²) in [6.45, 7) is 5.46. The molecule has 0 aliphatic rings. The lowest BCUT2D eigenvalue weighted by atomic mass is 9.91. The first-order chi connectivity index (χ1) is 9.22. The van der Waals surface area contributed by atoms with Crippen LogP contribution < -0.4 is 5.32 Å². The van der Waals surface area contributed by atoms with Gasteiger partial charge in [0.1, 0.15) is 0 Å². The average Bonchev–Trinajstić information content (AvgIpc) is 2.86. The molecule has 0 fully saturated rings. The van der Waals surface area contributed by atoms with Crippen LogP contribution in [0.25, 0.3) is 0 Å². The van der Waals surface area contributed by atoms with E-state index in [9.17, 15) is 0 Å². The molecule has 0 saturated heterocycles. The third kappa shape index (κ3) is 3.44. The Hall–Kier alpha value is -1.61. The maximum Gasteiger partial charge on any atom is 0.0799 e. The van der Waals surface area contributed by atoms with Crippen LogP contribution in [0, 0.1) is 0 Å². The molecule has 0 spiro atoms. The van der Waals surface area contributed by atoms with E-state index in [1.54, 1.807) is 0 Å². The molecule has 0 aliphatic heterocycles. The molecule has 0 aliphatic carbocycles. The number of rotatable bonds is 6. The molecule has 1 aromatic heterocycles. The van der Waals surface area contributed by atoms with E-state index in [1.807, 2.05) is 17.9 Å². The van der Waals surface area contributed by atoms with Gasteiger partial charge in [-0.1, -0.05) is 44.2 Å². The average molecular weight is 257 g/mol. The van der Waals surface area contributed by atoms with Crippen LogP contribution in [0.4, 0.5) is 0 Å². The molecule has 1 heterocycles. The summed E-state index contributed by atoms with van der Waals surface area (Å²) in [6.07, 6.45) is 3.14. The van der Waals surface area contributed by atoms with Gasteiger partial charge in [0.2, 0.25) is 0 Å². The summed E-state index contributed by atoms with van der Waals surface area (Å²) < 4.78 is 1.87. The molecule has 0 bridgehead atoms. The van der Waals surface area contributed by atoms with Gasteiger partial charge in [0.15, 0.2) is 0 Å². The normalized spacial score (nSPS) is 14.3. The van der Waals surface area contributed by atoms with Crippen molar-refractivity contribution in [2.45, 2.75) is 32.2 Å². The first-order valence-electron chi connectivity index (χ1n) is 7.00. The number of aryl methyl sites for hydroxylation is 1. The first kappa shape index (κ1) is 13.8. The van der Waals surface area contributed by atoms with Crippen LogP contribution >= 0.6 is 0 Å². The van der Waals surface area contributed by atoms with Gasteiger partial charge < -0.3 is 5.32 Å². The smallest absolute Gasteiger partial charge is 0.0799 e. The number of benzene rings is 1. The van der Waals surface area contributed by atoms with Crippen molar-refractivity contribution in [3.63, 3.8) is 0 Å². The molecule has 102 valence electrons. The quantitative estimate of drug-likeness (QED) is 0.860. The first-order valence-corrected chi connectivity index (χ1v) is 7.00. The van der Waals surface area contributed by atoms with Crippen LogP contribution in [-0.2, 0) is 7.05 Å². The van der Waals surface area contributed by atoms with Crippen LogP contribution in [0.15, 0.2) is 42.6 Å². The van der Waals surface area contributed by atoms with E-state index in [4.69, 9.17) is 0 Å². The molecule has 2 aromatic rings. The molecule has 3 heteroatoms. The minimum Gasteiger partial charge on any atom is -0.308 e. The van der Waals surface area contributed by atoms with E-state index in [0.29, 0.717) is 5.92 Å². The highest BCUT2D eigenvalue weighted by atomic mass is 15.3. The number of hydrogen-bond donors (Lipinski definition) is 1. The third-order valence-electron chi connectivity index (χ3n) is 3.49. The van der Waals surface area contributed by atoms with E-state index < -0.39 is 0 Å². The Morgan fingerprint density at radius 2 is 1.95 bits per heavy atom. The fraction of sp³-hybridized carbons (Fsp3) is 0.438. The van der Waals surface area contributed by atoms with Gasteiger partial charge in [0, 0.05) is 19.2 Å². The van der Waals surface area contributed by atoms with Gasteiger partial charge in [0.25, 0.3) is 0 Å². The summed E-state index contributed by atoms with van der Waals surface area (Å²) in [5, 5.41) is 8.19. The maximum atomic E-state index is 4.56. The summed E-state index contributed by atoms with van der Waals surface area (Å²) in [6, 6.07) is 13.0. The molecule has 2 rings (SSSR count). The second-order valence-electron chi connectivity index (χ2n) is 5.05. The van der Waals surface area contributed by atoms with Gasteiger partial charge in [-0.3, -0.25) is 4.68 Å². The van der Waals surface area contributed by atoms with Crippen LogP contribution in [0.3, 0.4) is 0 Å².